The summed E-state index contributed by atoms with van der Waals surface area (Å²) in [7, 11) is 0. The Morgan fingerprint density at radius 2 is 1.90 bits per heavy atom. The highest BCUT2D eigenvalue weighted by Gasteiger charge is 2.45. The van der Waals surface area contributed by atoms with Crippen molar-refractivity contribution < 1.29 is 4.79 Å². The number of hydrogen-bond donors (Lipinski definition) is 0. The lowest BCUT2D eigenvalue weighted by Gasteiger charge is -2.28. The Morgan fingerprint density at radius 1 is 1.24 bits per heavy atom. The van der Waals surface area contributed by atoms with E-state index in [2.05, 4.69) is 6.07 Å². The van der Waals surface area contributed by atoms with Gasteiger partial charge in [0.25, 0.3) is 5.91 Å². The number of carbonyl (C=O) groups is 1. The minimum absolute atomic E-state index is 0.201. The lowest BCUT2D eigenvalue weighted by atomic mass is 10.1. The summed E-state index contributed by atoms with van der Waals surface area (Å²) in [6.07, 6.45) is 0. The predicted molar refractivity (Wildman–Crippen MR) is 84.6 cm³/mol. The van der Waals surface area contributed by atoms with Crippen LogP contribution >= 0.6 is 23.4 Å². The van der Waals surface area contributed by atoms with Crippen molar-refractivity contribution >= 4 is 35.0 Å². The number of nitriles is 1. The van der Waals surface area contributed by atoms with Crippen molar-refractivity contribution in [3.63, 3.8) is 0 Å². The zero-order valence-electron chi connectivity index (χ0n) is 11.2. The molecule has 21 heavy (non-hydrogen) atoms. The molecule has 0 N–H and O–H groups in total. The highest BCUT2D eigenvalue weighted by molar-refractivity contribution is 8.01. The van der Waals surface area contributed by atoms with Gasteiger partial charge < -0.3 is 0 Å². The summed E-state index contributed by atoms with van der Waals surface area (Å²) >= 11 is 7.25. The van der Waals surface area contributed by atoms with Gasteiger partial charge in [-0.1, -0.05) is 35.5 Å². The van der Waals surface area contributed by atoms with Crippen molar-refractivity contribution in [3.05, 3.63) is 59.1 Å². The van der Waals surface area contributed by atoms with E-state index in [0.717, 1.165) is 10.6 Å². The first kappa shape index (κ1) is 14.0. The molecule has 2 aromatic carbocycles. The quantitative estimate of drug-likeness (QED) is 0.786. The van der Waals surface area contributed by atoms with Gasteiger partial charge in [-0.2, -0.15) is 5.26 Å². The van der Waals surface area contributed by atoms with E-state index in [1.54, 1.807) is 36.1 Å². The second-order valence-corrected chi connectivity index (χ2v) is 6.69. The third-order valence-corrected chi connectivity index (χ3v) is 4.83. The van der Waals surface area contributed by atoms with Crippen molar-refractivity contribution in [2.24, 2.45) is 0 Å². The molecule has 0 aromatic heterocycles. The van der Waals surface area contributed by atoms with Gasteiger partial charge in [0.05, 0.1) is 5.69 Å². The summed E-state index contributed by atoms with van der Waals surface area (Å²) in [5.74, 6) is -0.201. The van der Waals surface area contributed by atoms with Gasteiger partial charge in [-0.05, 0) is 43.3 Å². The van der Waals surface area contributed by atoms with Crippen LogP contribution in [0.2, 0.25) is 5.02 Å². The first-order valence-corrected chi connectivity index (χ1v) is 7.54. The molecule has 0 spiro atoms. The van der Waals surface area contributed by atoms with E-state index in [0.29, 0.717) is 10.6 Å². The molecule has 0 fully saturated rings. The first-order chi connectivity index (χ1) is 10.0. The van der Waals surface area contributed by atoms with Crippen molar-refractivity contribution in [2.75, 3.05) is 4.90 Å². The van der Waals surface area contributed by atoms with Crippen LogP contribution in [0.3, 0.4) is 0 Å². The van der Waals surface area contributed by atoms with Crippen LogP contribution in [0.25, 0.3) is 0 Å². The summed E-state index contributed by atoms with van der Waals surface area (Å²) in [4.78, 5) is 14.4. The van der Waals surface area contributed by atoms with Gasteiger partial charge in [0.15, 0.2) is 4.87 Å². The van der Waals surface area contributed by atoms with E-state index in [9.17, 15) is 10.1 Å². The Kier molecular flexibility index (Phi) is 3.40. The summed E-state index contributed by atoms with van der Waals surface area (Å²) < 4.78 is 0. The second kappa shape index (κ2) is 5.10. The number of fused-ring (bicyclic) bond motifs is 1. The van der Waals surface area contributed by atoms with Crippen LogP contribution < -0.4 is 4.90 Å². The average molecular weight is 315 g/mol. The summed E-state index contributed by atoms with van der Waals surface area (Å²) in [5.41, 5.74) is 1.28. The largest absolute Gasteiger partial charge is 0.279 e. The predicted octanol–water partition coefficient (Wildman–Crippen LogP) is 4.33. The zero-order chi connectivity index (χ0) is 15.0. The number of hydrogen-bond acceptors (Lipinski definition) is 3. The molecule has 1 atom stereocenters. The van der Waals surface area contributed by atoms with Crippen LogP contribution in [0.5, 0.6) is 0 Å². The number of amides is 1. The zero-order valence-corrected chi connectivity index (χ0v) is 12.8. The number of rotatable bonds is 1. The number of carbonyl (C=O) groups excluding carboxylic acids is 1. The maximum atomic E-state index is 12.8. The Hall–Kier alpha value is -1.96. The molecule has 0 bridgehead atoms. The second-order valence-electron chi connectivity index (χ2n) is 4.81. The van der Waals surface area contributed by atoms with Gasteiger partial charge in [-0.3, -0.25) is 9.69 Å². The molecule has 2 aromatic rings. The minimum atomic E-state index is -0.944. The van der Waals surface area contributed by atoms with Crippen LogP contribution in [-0.2, 0) is 0 Å². The fourth-order valence-corrected chi connectivity index (χ4v) is 3.60. The Bertz CT molecular complexity index is 754. The number of halogens is 1. The van der Waals surface area contributed by atoms with Gasteiger partial charge in [0, 0.05) is 15.5 Å². The minimum Gasteiger partial charge on any atom is -0.279 e. The molecule has 0 saturated carbocycles. The highest BCUT2D eigenvalue weighted by atomic mass is 35.5. The van der Waals surface area contributed by atoms with Crippen molar-refractivity contribution in [2.45, 2.75) is 16.7 Å². The molecule has 1 unspecified atom stereocenters. The normalized spacial score (nSPS) is 20.0. The van der Waals surface area contributed by atoms with Crippen LogP contribution in [0.15, 0.2) is 53.4 Å². The molecule has 3 nitrogen and oxygen atoms in total. The lowest BCUT2D eigenvalue weighted by Crippen LogP contribution is -2.44. The van der Waals surface area contributed by atoms with Gasteiger partial charge in [0.2, 0.25) is 0 Å². The van der Waals surface area contributed by atoms with E-state index < -0.39 is 4.87 Å². The molecular formula is C16H11ClN2OS. The van der Waals surface area contributed by atoms with Gasteiger partial charge in [-0.25, -0.2) is 0 Å². The molecule has 0 saturated heterocycles. The van der Waals surface area contributed by atoms with E-state index >= 15 is 0 Å². The number of benzene rings is 2. The Morgan fingerprint density at radius 3 is 2.57 bits per heavy atom. The fourth-order valence-electron chi connectivity index (χ4n) is 2.32. The SMILES string of the molecule is CC1(C#N)Sc2ccccc2N1C(=O)c1ccc(Cl)cc1. The van der Waals surface area contributed by atoms with Crippen LogP contribution in [0.4, 0.5) is 5.69 Å². The maximum Gasteiger partial charge on any atom is 0.260 e. The molecule has 0 radical (unpaired) electrons. The number of thioether (sulfide) groups is 1. The van der Waals surface area contributed by atoms with E-state index in [-0.39, 0.29) is 5.91 Å². The molecule has 104 valence electrons. The summed E-state index contributed by atoms with van der Waals surface area (Å²) in [6, 6.07) is 16.5. The average Bonchev–Trinajstić information content (AvgIpc) is 2.80. The van der Waals surface area contributed by atoms with E-state index in [1.807, 2.05) is 24.3 Å². The number of para-hydroxylation sites is 1. The molecule has 1 aliphatic rings. The smallest absolute Gasteiger partial charge is 0.260 e. The standard InChI is InChI=1S/C16H11ClN2OS/c1-16(10-18)19(13-4-2-3-5-14(13)21-16)15(20)11-6-8-12(17)9-7-11/h2-9H,1H3. The molecule has 1 amide bonds. The molecule has 1 heterocycles. The summed E-state index contributed by atoms with van der Waals surface area (Å²) in [6.45, 7) is 1.76. The molecule has 5 heteroatoms. The van der Waals surface area contributed by atoms with E-state index in [1.165, 1.54) is 11.8 Å². The van der Waals surface area contributed by atoms with Gasteiger partial charge in [0.1, 0.15) is 6.07 Å². The van der Waals surface area contributed by atoms with E-state index in [4.69, 9.17) is 11.6 Å². The summed E-state index contributed by atoms with van der Waals surface area (Å²) in [5, 5.41) is 10.1. The number of nitrogens with zero attached hydrogens (tertiary/aromatic N) is 2. The van der Waals surface area contributed by atoms with Crippen LogP contribution in [0, 0.1) is 11.3 Å². The number of anilines is 1. The first-order valence-electron chi connectivity index (χ1n) is 6.34. The Balaban J connectivity index is 2.08. The van der Waals surface area contributed by atoms with Crippen molar-refractivity contribution in [3.8, 4) is 6.07 Å². The van der Waals surface area contributed by atoms with Gasteiger partial charge >= 0.3 is 0 Å². The van der Waals surface area contributed by atoms with Crippen LogP contribution in [0.1, 0.15) is 17.3 Å². The topological polar surface area (TPSA) is 44.1 Å². The molecular weight excluding hydrogens is 304 g/mol. The van der Waals surface area contributed by atoms with Crippen molar-refractivity contribution in [1.29, 1.82) is 5.26 Å². The molecule has 3 rings (SSSR count). The molecule has 0 aliphatic carbocycles. The van der Waals surface area contributed by atoms with Crippen LogP contribution in [-0.4, -0.2) is 10.8 Å². The third-order valence-electron chi connectivity index (χ3n) is 3.34. The third kappa shape index (κ3) is 2.29. The fraction of sp³-hybridized carbons (Fsp3) is 0.125. The molecule has 1 aliphatic heterocycles. The Labute approximate surface area is 132 Å². The lowest BCUT2D eigenvalue weighted by molar-refractivity contribution is 0.0981. The van der Waals surface area contributed by atoms with Gasteiger partial charge in [-0.15, -0.1) is 0 Å². The highest BCUT2D eigenvalue weighted by Crippen LogP contribution is 2.50. The van der Waals surface area contributed by atoms with Crippen molar-refractivity contribution in [1.82, 2.24) is 0 Å². The monoisotopic (exact) mass is 314 g/mol. The maximum absolute atomic E-state index is 12.8.